The van der Waals surface area contributed by atoms with Crippen LogP contribution in [0.15, 0.2) is 94.5 Å². The number of hydrogen-bond donors (Lipinski definition) is 4. The third-order valence-electron chi connectivity index (χ3n) is 17.6. The molecule has 4 fully saturated rings. The highest BCUT2D eigenvalue weighted by Crippen LogP contribution is 2.41. The Morgan fingerprint density at radius 2 is 1.01 bits per heavy atom. The van der Waals surface area contributed by atoms with Gasteiger partial charge in [0.2, 0.25) is 11.8 Å². The Morgan fingerprint density at radius 1 is 0.595 bits per heavy atom. The van der Waals surface area contributed by atoms with Gasteiger partial charge in [0.05, 0.1) is 37.7 Å². The van der Waals surface area contributed by atoms with Crippen LogP contribution >= 0.6 is 0 Å². The summed E-state index contributed by atoms with van der Waals surface area (Å²) in [4.78, 5) is 74.7. The number of benzene rings is 3. The standard InChI is InChI=1S/C64H82F2N10O8/c1-41-29-73(35-57(77)75-39-63(3,4)59-55(75)24-45(61(79)69-59)22-43-10-14-47(65)15-11-43)49(27-67-41)31-71-18-20-81-53(33-71)37-83-51-8-7-9-52(26-51)84-38-54-34-72(19-21-82-54)32-50-28-68-42(2)30-74(50)36-58(78)76-40-64(5,6)60-56(76)25-46(62(80)70-60)23-44-12-16-48(66)17-13-44/h7-17,24-26,41-42,49-50,53-54,67-68H,18-23,27-40H2,1-6H3,(H,69,79)(H,70,80)/t41-,42-,49-,50-,53+,54+/m1/s1. The number of piperazine rings is 2. The van der Waals surface area contributed by atoms with Crippen molar-refractivity contribution >= 4 is 23.2 Å². The maximum atomic E-state index is 14.4. The smallest absolute Gasteiger partial charge is 0.251 e. The second-order valence-electron chi connectivity index (χ2n) is 25.5. The lowest BCUT2D eigenvalue weighted by molar-refractivity contribution is -0.121. The van der Waals surface area contributed by atoms with Crippen LogP contribution < -0.4 is 41.0 Å². The Bertz CT molecular complexity index is 3060. The van der Waals surface area contributed by atoms with E-state index in [1.807, 2.05) is 73.9 Å². The molecule has 84 heavy (non-hydrogen) atoms. The van der Waals surface area contributed by atoms with E-state index < -0.39 is 10.8 Å². The van der Waals surface area contributed by atoms with E-state index in [1.165, 1.54) is 24.3 Å². The Morgan fingerprint density at radius 3 is 1.43 bits per heavy atom. The molecule has 5 aromatic rings. The van der Waals surface area contributed by atoms with E-state index >= 15 is 0 Å². The Labute approximate surface area is 490 Å². The first-order valence-corrected chi connectivity index (χ1v) is 29.9. The van der Waals surface area contributed by atoms with Gasteiger partial charge in [0.15, 0.2) is 0 Å². The number of anilines is 2. The number of pyridine rings is 2. The lowest BCUT2D eigenvalue weighted by atomic mass is 9.91. The van der Waals surface area contributed by atoms with E-state index in [4.69, 9.17) is 18.9 Å². The van der Waals surface area contributed by atoms with Crippen LogP contribution in [-0.2, 0) is 42.7 Å². The van der Waals surface area contributed by atoms with Crippen molar-refractivity contribution in [1.82, 2.24) is 40.2 Å². The molecule has 2 aromatic heterocycles. The number of nitrogens with one attached hydrogen (secondary N) is 4. The second kappa shape index (κ2) is 25.3. The fourth-order valence-corrected chi connectivity index (χ4v) is 13.1. The quantitative estimate of drug-likeness (QED) is 0.0953. The van der Waals surface area contributed by atoms with Gasteiger partial charge in [-0.2, -0.15) is 0 Å². The molecule has 0 saturated carbocycles. The first kappa shape index (κ1) is 59.4. The molecule has 2 amide bonds. The van der Waals surface area contributed by atoms with Crippen molar-refractivity contribution in [2.75, 3.05) is 128 Å². The zero-order valence-corrected chi connectivity index (χ0v) is 49.4. The number of carbonyl (C=O) groups excluding carboxylic acids is 2. The third kappa shape index (κ3) is 14.0. The molecule has 18 nitrogen and oxygen atoms in total. The molecule has 0 aliphatic carbocycles. The van der Waals surface area contributed by atoms with Crippen LogP contribution in [0, 0.1) is 11.6 Å². The molecule has 6 aliphatic heterocycles. The average molecular weight is 1160 g/mol. The zero-order valence-electron chi connectivity index (χ0n) is 49.4. The summed E-state index contributed by atoms with van der Waals surface area (Å²) in [6.07, 6.45) is 0.334. The summed E-state index contributed by atoms with van der Waals surface area (Å²) >= 11 is 0. The molecular weight excluding hydrogens is 1070 g/mol. The first-order chi connectivity index (χ1) is 40.3. The number of H-pyrrole nitrogens is 2. The van der Waals surface area contributed by atoms with Crippen LogP contribution in [0.25, 0.3) is 0 Å². The van der Waals surface area contributed by atoms with E-state index in [2.05, 4.69) is 54.0 Å². The summed E-state index contributed by atoms with van der Waals surface area (Å²) in [7, 11) is 0. The Kier molecular flexibility index (Phi) is 17.9. The van der Waals surface area contributed by atoms with Gasteiger partial charge >= 0.3 is 0 Å². The van der Waals surface area contributed by atoms with Crippen molar-refractivity contribution in [3.8, 4) is 11.5 Å². The summed E-state index contributed by atoms with van der Waals surface area (Å²) in [6.45, 7) is 23.0. The van der Waals surface area contributed by atoms with E-state index in [-0.39, 0.29) is 84.0 Å². The molecular formula is C64H82F2N10O8. The number of halogens is 2. The van der Waals surface area contributed by atoms with Crippen molar-refractivity contribution in [2.24, 2.45) is 0 Å². The number of rotatable bonds is 18. The number of aromatic amines is 2. The molecule has 3 aromatic carbocycles. The fourth-order valence-electron chi connectivity index (χ4n) is 13.1. The maximum absolute atomic E-state index is 14.4. The normalized spacial score (nSPS) is 24.7. The first-order valence-electron chi connectivity index (χ1n) is 29.9. The fraction of sp³-hybridized carbons (Fsp3) is 0.531. The number of morpholine rings is 2. The van der Waals surface area contributed by atoms with E-state index in [9.17, 15) is 28.0 Å². The van der Waals surface area contributed by atoms with Gasteiger partial charge in [-0.05, 0) is 73.5 Å². The minimum absolute atomic E-state index is 0.0113. The van der Waals surface area contributed by atoms with Gasteiger partial charge in [-0.25, -0.2) is 8.78 Å². The van der Waals surface area contributed by atoms with Crippen molar-refractivity contribution in [1.29, 1.82) is 0 Å². The zero-order chi connectivity index (χ0) is 58.9. The van der Waals surface area contributed by atoms with Crippen LogP contribution in [-0.4, -0.2) is 196 Å². The van der Waals surface area contributed by atoms with Crippen LogP contribution in [0.2, 0.25) is 0 Å². The largest absolute Gasteiger partial charge is 0.491 e. The molecule has 20 heteroatoms. The molecule has 11 rings (SSSR count). The molecule has 6 aliphatic rings. The monoisotopic (exact) mass is 1160 g/mol. The molecule has 6 atom stereocenters. The minimum Gasteiger partial charge on any atom is -0.491 e. The van der Waals surface area contributed by atoms with Gasteiger partial charge in [0.1, 0.15) is 48.6 Å². The van der Waals surface area contributed by atoms with Gasteiger partial charge in [0, 0.05) is 155 Å². The van der Waals surface area contributed by atoms with Crippen LogP contribution in [0.3, 0.4) is 0 Å². The van der Waals surface area contributed by atoms with Gasteiger partial charge < -0.3 is 49.3 Å². The Hall–Kier alpha value is -6.36. The van der Waals surface area contributed by atoms with Crippen LogP contribution in [0.4, 0.5) is 20.2 Å². The molecule has 4 saturated heterocycles. The van der Waals surface area contributed by atoms with Gasteiger partial charge in [0.25, 0.3) is 11.1 Å². The van der Waals surface area contributed by atoms with Crippen molar-refractivity contribution in [2.45, 2.75) is 102 Å². The number of ether oxygens (including phenoxy) is 4. The van der Waals surface area contributed by atoms with Crippen LogP contribution in [0.5, 0.6) is 11.5 Å². The van der Waals surface area contributed by atoms with E-state index in [0.717, 1.165) is 73.2 Å². The predicted molar refractivity (Wildman–Crippen MR) is 319 cm³/mol. The lowest BCUT2D eigenvalue weighted by Gasteiger charge is -2.43. The molecule has 0 radical (unpaired) electrons. The molecule has 4 N–H and O–H groups in total. The number of hydrogen-bond acceptors (Lipinski definition) is 14. The SMILES string of the molecule is C[C@@H]1CN(CC(=O)N2CC(C)(C)c3[nH]c(=O)c(Cc4ccc(F)cc4)cc32)[C@@H](CN2CCO[C@H](COc3cccc(OC[C@@H]4CN(C[C@H]5CN[C@H](C)CN5CC(=O)N5CC(C)(C)c6[nH]c(=O)c(Cc7ccc(F)cc7)cc65)CCO4)c3)C2)CN1. The number of fused-ring (bicyclic) bond motifs is 2. The number of amides is 2. The number of nitrogens with zero attached hydrogens (tertiary/aromatic N) is 6. The molecule has 0 spiro atoms. The summed E-state index contributed by atoms with van der Waals surface area (Å²) < 4.78 is 52.5. The maximum Gasteiger partial charge on any atom is 0.251 e. The molecule has 450 valence electrons. The summed E-state index contributed by atoms with van der Waals surface area (Å²) in [5.41, 5.74) is 4.39. The topological polar surface area (TPSA) is 180 Å². The molecule has 8 heterocycles. The molecule has 0 bridgehead atoms. The Balaban J connectivity index is 0.651. The highest BCUT2D eigenvalue weighted by Gasteiger charge is 2.43. The highest BCUT2D eigenvalue weighted by molar-refractivity contribution is 5.98. The second-order valence-corrected chi connectivity index (χ2v) is 25.5. The van der Waals surface area contributed by atoms with Gasteiger partial charge in [-0.15, -0.1) is 0 Å². The van der Waals surface area contributed by atoms with Gasteiger partial charge in [-0.3, -0.25) is 38.8 Å². The summed E-state index contributed by atoms with van der Waals surface area (Å²) in [5, 5.41) is 7.28. The van der Waals surface area contributed by atoms with E-state index in [0.29, 0.717) is 101 Å². The van der Waals surface area contributed by atoms with Crippen LogP contribution in [0.1, 0.15) is 75.2 Å². The molecule has 0 unspecified atom stereocenters. The van der Waals surface area contributed by atoms with Crippen molar-refractivity contribution in [3.63, 3.8) is 0 Å². The number of carbonyl (C=O) groups is 2. The van der Waals surface area contributed by atoms with Crippen molar-refractivity contribution < 1.29 is 37.3 Å². The third-order valence-corrected chi connectivity index (χ3v) is 17.6. The number of aromatic nitrogens is 2. The minimum atomic E-state index is -0.443. The van der Waals surface area contributed by atoms with E-state index in [1.54, 1.807) is 24.3 Å². The summed E-state index contributed by atoms with van der Waals surface area (Å²) in [5.74, 6) is 0.676. The van der Waals surface area contributed by atoms with Crippen molar-refractivity contribution in [3.05, 3.63) is 151 Å². The highest BCUT2D eigenvalue weighted by atomic mass is 19.1. The average Bonchev–Trinajstić information content (AvgIpc) is 2.53. The summed E-state index contributed by atoms with van der Waals surface area (Å²) in [6, 6.07) is 24.2. The lowest BCUT2D eigenvalue weighted by Crippen LogP contribution is -2.61. The predicted octanol–water partition coefficient (Wildman–Crippen LogP) is 4.66. The van der Waals surface area contributed by atoms with Gasteiger partial charge in [-0.1, -0.05) is 58.0 Å².